The second-order valence-electron chi connectivity index (χ2n) is 4.46. The summed E-state index contributed by atoms with van der Waals surface area (Å²) in [5.41, 5.74) is 0.456. The molecule has 5 nitrogen and oxygen atoms in total. The van der Waals surface area contributed by atoms with E-state index in [0.29, 0.717) is 17.0 Å². The van der Waals surface area contributed by atoms with Crippen molar-refractivity contribution in [3.8, 4) is 17.0 Å². The molecule has 2 aromatic rings. The molecular formula is C13H13F3N4O. The fourth-order valence-electron chi connectivity index (χ4n) is 1.96. The summed E-state index contributed by atoms with van der Waals surface area (Å²) in [6.45, 7) is 1.57. The molecule has 0 amide bonds. The van der Waals surface area contributed by atoms with E-state index in [1.807, 2.05) is 0 Å². The van der Waals surface area contributed by atoms with Crippen LogP contribution in [0.25, 0.3) is 11.3 Å². The third-order valence-corrected chi connectivity index (χ3v) is 3.04. The van der Waals surface area contributed by atoms with Crippen LogP contribution in [0.5, 0.6) is 5.75 Å². The quantitative estimate of drug-likeness (QED) is 0.508. The van der Waals surface area contributed by atoms with E-state index < -0.39 is 11.7 Å². The second kappa shape index (κ2) is 5.12. The zero-order valence-electron chi connectivity index (χ0n) is 11.3. The molecule has 0 aliphatic rings. The van der Waals surface area contributed by atoms with E-state index in [2.05, 4.69) is 10.2 Å². The van der Waals surface area contributed by atoms with E-state index in [1.54, 1.807) is 14.0 Å². The van der Waals surface area contributed by atoms with Crippen molar-refractivity contribution in [3.63, 3.8) is 0 Å². The molecule has 112 valence electrons. The first kappa shape index (κ1) is 14.9. The van der Waals surface area contributed by atoms with Crippen molar-refractivity contribution in [2.75, 3.05) is 0 Å². The topological polar surface area (TPSA) is 76.4 Å². The van der Waals surface area contributed by atoms with Crippen LogP contribution in [0.2, 0.25) is 0 Å². The summed E-state index contributed by atoms with van der Waals surface area (Å²) in [7, 11) is 1.57. The molecule has 21 heavy (non-hydrogen) atoms. The van der Waals surface area contributed by atoms with Gasteiger partial charge in [-0.3, -0.25) is 4.68 Å². The van der Waals surface area contributed by atoms with Crippen molar-refractivity contribution in [2.45, 2.75) is 13.1 Å². The monoisotopic (exact) mass is 298 g/mol. The first-order valence-corrected chi connectivity index (χ1v) is 5.94. The van der Waals surface area contributed by atoms with Crippen molar-refractivity contribution in [2.24, 2.45) is 18.0 Å². The molecule has 0 spiro atoms. The number of hydrazone groups is 1. The van der Waals surface area contributed by atoms with Crippen LogP contribution >= 0.6 is 0 Å². The van der Waals surface area contributed by atoms with Gasteiger partial charge in [-0.15, -0.1) is 0 Å². The van der Waals surface area contributed by atoms with E-state index in [0.717, 1.165) is 12.1 Å². The Morgan fingerprint density at radius 2 is 1.86 bits per heavy atom. The largest absolute Gasteiger partial charge is 0.504 e. The van der Waals surface area contributed by atoms with Gasteiger partial charge in [0.25, 0.3) is 0 Å². The maximum absolute atomic E-state index is 12.5. The Hall–Kier alpha value is -2.51. The van der Waals surface area contributed by atoms with Crippen LogP contribution in [0.3, 0.4) is 0 Å². The Morgan fingerprint density at radius 3 is 2.33 bits per heavy atom. The van der Waals surface area contributed by atoms with Crippen molar-refractivity contribution in [3.05, 3.63) is 35.5 Å². The standard InChI is InChI=1S/C13H13F3N4O/c1-7(18-17)10-12(21)11(20(2)19-10)8-3-5-9(6-4-8)13(14,15)16/h3-6,21H,17H2,1-2H3/b18-7+. The Labute approximate surface area is 118 Å². The minimum atomic E-state index is -4.40. The molecule has 0 saturated carbocycles. The van der Waals surface area contributed by atoms with Crippen LogP contribution in [0, 0.1) is 0 Å². The highest BCUT2D eigenvalue weighted by Gasteiger charge is 2.30. The lowest BCUT2D eigenvalue weighted by molar-refractivity contribution is -0.137. The van der Waals surface area contributed by atoms with Gasteiger partial charge in [0, 0.05) is 12.6 Å². The number of halogens is 3. The predicted molar refractivity (Wildman–Crippen MR) is 71.7 cm³/mol. The minimum Gasteiger partial charge on any atom is -0.504 e. The average Bonchev–Trinajstić information content (AvgIpc) is 2.72. The van der Waals surface area contributed by atoms with Gasteiger partial charge in [0.2, 0.25) is 0 Å². The number of benzene rings is 1. The number of nitrogens with two attached hydrogens (primary N) is 1. The summed E-state index contributed by atoms with van der Waals surface area (Å²) in [4.78, 5) is 0. The van der Waals surface area contributed by atoms with Crippen LogP contribution in [0.1, 0.15) is 18.2 Å². The van der Waals surface area contributed by atoms with Crippen LogP contribution in [0.4, 0.5) is 13.2 Å². The lowest BCUT2D eigenvalue weighted by Gasteiger charge is -2.08. The third kappa shape index (κ3) is 2.69. The van der Waals surface area contributed by atoms with Gasteiger partial charge in [0.15, 0.2) is 11.4 Å². The summed E-state index contributed by atoms with van der Waals surface area (Å²) in [6.07, 6.45) is -4.40. The van der Waals surface area contributed by atoms with Gasteiger partial charge in [0.05, 0.1) is 11.3 Å². The molecule has 1 heterocycles. The van der Waals surface area contributed by atoms with E-state index in [4.69, 9.17) is 5.84 Å². The molecule has 0 radical (unpaired) electrons. The van der Waals surface area contributed by atoms with Gasteiger partial charge in [-0.05, 0) is 19.1 Å². The normalized spacial score (nSPS) is 12.7. The van der Waals surface area contributed by atoms with Gasteiger partial charge in [-0.25, -0.2) is 0 Å². The van der Waals surface area contributed by atoms with Crippen molar-refractivity contribution >= 4 is 5.71 Å². The molecule has 2 rings (SSSR count). The summed E-state index contributed by atoms with van der Waals surface area (Å²) in [6, 6.07) is 4.45. The van der Waals surface area contributed by atoms with Gasteiger partial charge >= 0.3 is 6.18 Å². The number of rotatable bonds is 2. The Morgan fingerprint density at radius 1 is 1.29 bits per heavy atom. The first-order valence-electron chi connectivity index (χ1n) is 5.94. The average molecular weight is 298 g/mol. The van der Waals surface area contributed by atoms with Crippen molar-refractivity contribution < 1.29 is 18.3 Å². The molecule has 0 atom stereocenters. The van der Waals surface area contributed by atoms with Crippen molar-refractivity contribution in [1.82, 2.24) is 9.78 Å². The lowest BCUT2D eigenvalue weighted by atomic mass is 10.1. The molecule has 8 heteroatoms. The lowest BCUT2D eigenvalue weighted by Crippen LogP contribution is -2.04. The number of aryl methyl sites for hydroxylation is 1. The van der Waals surface area contributed by atoms with Gasteiger partial charge in [-0.2, -0.15) is 23.4 Å². The molecular weight excluding hydrogens is 285 g/mol. The fourth-order valence-corrected chi connectivity index (χ4v) is 1.96. The highest BCUT2D eigenvalue weighted by molar-refractivity contribution is 6.00. The Bertz CT molecular complexity index is 687. The number of hydrogen-bond donors (Lipinski definition) is 2. The van der Waals surface area contributed by atoms with E-state index in [9.17, 15) is 18.3 Å². The van der Waals surface area contributed by atoms with Crippen LogP contribution in [-0.2, 0) is 13.2 Å². The second-order valence-corrected chi connectivity index (χ2v) is 4.46. The number of nitrogens with zero attached hydrogens (tertiary/aromatic N) is 3. The minimum absolute atomic E-state index is 0.177. The molecule has 0 saturated heterocycles. The van der Waals surface area contributed by atoms with Crippen LogP contribution in [0.15, 0.2) is 29.4 Å². The van der Waals surface area contributed by atoms with Crippen LogP contribution < -0.4 is 5.84 Å². The van der Waals surface area contributed by atoms with E-state index >= 15 is 0 Å². The SMILES string of the molecule is C/C(=N\N)c1nn(C)c(-c2ccc(C(F)(F)F)cc2)c1O. The zero-order chi connectivity index (χ0) is 15.8. The zero-order valence-corrected chi connectivity index (χ0v) is 11.3. The molecule has 3 N–H and O–H groups in total. The fraction of sp³-hybridized carbons (Fsp3) is 0.231. The summed E-state index contributed by atoms with van der Waals surface area (Å²) in [5.74, 6) is 4.96. The highest BCUT2D eigenvalue weighted by atomic mass is 19.4. The van der Waals surface area contributed by atoms with Gasteiger partial charge in [0.1, 0.15) is 5.69 Å². The molecule has 0 aliphatic carbocycles. The van der Waals surface area contributed by atoms with Gasteiger partial charge in [-0.1, -0.05) is 12.1 Å². The van der Waals surface area contributed by atoms with E-state index in [-0.39, 0.29) is 11.4 Å². The summed E-state index contributed by atoms with van der Waals surface area (Å²) >= 11 is 0. The van der Waals surface area contributed by atoms with Crippen LogP contribution in [-0.4, -0.2) is 20.6 Å². The number of aromatic nitrogens is 2. The smallest absolute Gasteiger partial charge is 0.416 e. The van der Waals surface area contributed by atoms with Crippen molar-refractivity contribution in [1.29, 1.82) is 0 Å². The maximum Gasteiger partial charge on any atom is 0.416 e. The molecule has 0 fully saturated rings. The maximum atomic E-state index is 12.5. The molecule has 0 bridgehead atoms. The summed E-state index contributed by atoms with van der Waals surface area (Å²) in [5, 5.41) is 17.7. The predicted octanol–water partition coefficient (Wildman–Crippen LogP) is 2.49. The Kier molecular flexibility index (Phi) is 3.63. The first-order chi connectivity index (χ1) is 9.75. The van der Waals surface area contributed by atoms with Gasteiger partial charge < -0.3 is 10.9 Å². The number of aromatic hydroxyl groups is 1. The number of hydrogen-bond acceptors (Lipinski definition) is 4. The molecule has 1 aromatic carbocycles. The Balaban J connectivity index is 2.50. The highest BCUT2D eigenvalue weighted by Crippen LogP contribution is 2.35. The molecule has 0 aliphatic heterocycles. The third-order valence-electron chi connectivity index (χ3n) is 3.04. The number of alkyl halides is 3. The molecule has 1 aromatic heterocycles. The summed E-state index contributed by atoms with van der Waals surface area (Å²) < 4.78 is 39.0. The molecule has 0 unspecified atom stereocenters. The van der Waals surface area contributed by atoms with E-state index in [1.165, 1.54) is 16.8 Å².